The molecule has 0 bridgehead atoms. The number of hydrogen-bond acceptors (Lipinski definition) is 2. The van der Waals surface area contributed by atoms with Crippen molar-refractivity contribution in [1.82, 2.24) is 9.13 Å². The second kappa shape index (κ2) is 8.84. The van der Waals surface area contributed by atoms with E-state index >= 15 is 0 Å². The summed E-state index contributed by atoms with van der Waals surface area (Å²) >= 11 is 0. The van der Waals surface area contributed by atoms with Gasteiger partial charge in [0.2, 0.25) is 0 Å². The molecular formula is C34H26N3O2. The Morgan fingerprint density at radius 3 is 1.74 bits per heavy atom. The summed E-state index contributed by atoms with van der Waals surface area (Å²) in [7, 11) is 0. The Hall–Kier alpha value is -4.90. The molecule has 0 N–H and O–H groups in total. The van der Waals surface area contributed by atoms with Gasteiger partial charge in [0.15, 0.2) is 0 Å². The lowest BCUT2D eigenvalue weighted by Gasteiger charge is -2.12. The number of hydrogen-bond donors (Lipinski definition) is 0. The zero-order valence-corrected chi connectivity index (χ0v) is 21.8. The van der Waals surface area contributed by atoms with Crippen LogP contribution < -0.4 is 0 Å². The molecule has 1 radical (unpaired) electrons. The number of aromatic nitrogens is 2. The van der Waals surface area contributed by atoms with Gasteiger partial charge < -0.3 is 9.13 Å². The average Bonchev–Trinajstić information content (AvgIpc) is 3.48. The van der Waals surface area contributed by atoms with Crippen molar-refractivity contribution >= 4 is 49.3 Å². The van der Waals surface area contributed by atoms with Crippen molar-refractivity contribution in [1.29, 1.82) is 0 Å². The maximum Gasteiger partial charge on any atom is 0.277 e. The zero-order valence-electron chi connectivity index (χ0n) is 21.8. The molecule has 5 aromatic carbocycles. The lowest BCUT2D eigenvalue weighted by molar-refractivity contribution is -0.384. The summed E-state index contributed by atoms with van der Waals surface area (Å²) in [6, 6.07) is 35.9. The molecule has 0 spiro atoms. The molecule has 2 heterocycles. The molecule has 2 aromatic heterocycles. The average molecular weight is 509 g/mol. The monoisotopic (exact) mass is 508 g/mol. The van der Waals surface area contributed by atoms with E-state index in [1.807, 2.05) is 12.1 Å². The summed E-state index contributed by atoms with van der Waals surface area (Å²) in [5, 5.41) is 16.9. The molecule has 0 atom stereocenters. The Kier molecular flexibility index (Phi) is 5.27. The fraction of sp³-hybridized carbons (Fsp3) is 0.118. The van der Waals surface area contributed by atoms with E-state index in [-0.39, 0.29) is 10.6 Å². The van der Waals surface area contributed by atoms with Gasteiger partial charge in [-0.15, -0.1) is 0 Å². The van der Waals surface area contributed by atoms with Crippen molar-refractivity contribution in [2.75, 3.05) is 0 Å². The summed E-state index contributed by atoms with van der Waals surface area (Å²) in [6.07, 6.45) is 0. The van der Waals surface area contributed by atoms with Gasteiger partial charge in [0.25, 0.3) is 5.69 Å². The number of nitro groups is 1. The normalized spacial score (nSPS) is 11.7. The zero-order chi connectivity index (χ0) is 26.7. The van der Waals surface area contributed by atoms with Gasteiger partial charge in [-0.1, -0.05) is 48.5 Å². The van der Waals surface area contributed by atoms with E-state index in [0.29, 0.717) is 5.56 Å². The molecular weight excluding hydrogens is 482 g/mol. The van der Waals surface area contributed by atoms with Crippen LogP contribution in [0.5, 0.6) is 0 Å². The Labute approximate surface area is 225 Å². The molecule has 5 nitrogen and oxygen atoms in total. The third kappa shape index (κ3) is 3.40. The third-order valence-corrected chi connectivity index (χ3v) is 7.93. The third-order valence-electron chi connectivity index (χ3n) is 7.93. The van der Waals surface area contributed by atoms with Gasteiger partial charge in [0, 0.05) is 68.3 Å². The van der Waals surface area contributed by atoms with Crippen LogP contribution in [-0.2, 0) is 13.1 Å². The summed E-state index contributed by atoms with van der Waals surface area (Å²) in [6.45, 7) is 6.00. The number of nitro benzene ring substituents is 1. The molecule has 0 fully saturated rings. The van der Waals surface area contributed by atoms with Crippen LogP contribution >= 0.6 is 0 Å². The highest BCUT2D eigenvalue weighted by Crippen LogP contribution is 2.42. The fourth-order valence-corrected chi connectivity index (χ4v) is 6.26. The van der Waals surface area contributed by atoms with Crippen molar-refractivity contribution in [2.24, 2.45) is 0 Å². The van der Waals surface area contributed by atoms with Crippen LogP contribution in [0.2, 0.25) is 0 Å². The van der Waals surface area contributed by atoms with E-state index < -0.39 is 0 Å². The van der Waals surface area contributed by atoms with E-state index in [2.05, 4.69) is 102 Å². The number of rotatable bonds is 5. The number of benzene rings is 5. The second-order valence-corrected chi connectivity index (χ2v) is 9.86. The van der Waals surface area contributed by atoms with Gasteiger partial charge in [-0.05, 0) is 73.5 Å². The first-order chi connectivity index (χ1) is 19.1. The van der Waals surface area contributed by atoms with E-state index in [1.54, 1.807) is 12.1 Å². The number of aryl methyl sites for hydroxylation is 2. The molecule has 0 aliphatic rings. The Bertz CT molecular complexity index is 2080. The Balaban J connectivity index is 1.51. The van der Waals surface area contributed by atoms with Gasteiger partial charge in [-0.3, -0.25) is 10.1 Å². The van der Waals surface area contributed by atoms with Gasteiger partial charge in [0.1, 0.15) is 0 Å². The highest BCUT2D eigenvalue weighted by Gasteiger charge is 2.22. The first-order valence-electron chi connectivity index (χ1n) is 13.3. The predicted molar refractivity (Wildman–Crippen MR) is 160 cm³/mol. The van der Waals surface area contributed by atoms with Gasteiger partial charge >= 0.3 is 0 Å². The molecule has 0 amide bonds. The topological polar surface area (TPSA) is 53.0 Å². The van der Waals surface area contributed by atoms with E-state index in [9.17, 15) is 10.1 Å². The van der Waals surface area contributed by atoms with Crippen molar-refractivity contribution < 1.29 is 4.92 Å². The smallest absolute Gasteiger partial charge is 0.277 e. The van der Waals surface area contributed by atoms with Crippen molar-refractivity contribution in [2.45, 2.75) is 26.9 Å². The lowest BCUT2D eigenvalue weighted by atomic mass is 9.91. The predicted octanol–water partition coefficient (Wildman–Crippen LogP) is 8.98. The summed E-state index contributed by atoms with van der Waals surface area (Å²) in [4.78, 5) is 12.0. The quantitative estimate of drug-likeness (QED) is 0.172. The van der Waals surface area contributed by atoms with Crippen LogP contribution in [0.15, 0.2) is 97.1 Å². The first-order valence-corrected chi connectivity index (χ1v) is 13.3. The molecule has 0 saturated heterocycles. The summed E-state index contributed by atoms with van der Waals surface area (Å²) < 4.78 is 4.60. The van der Waals surface area contributed by atoms with Gasteiger partial charge in [-0.25, -0.2) is 0 Å². The lowest BCUT2D eigenvalue weighted by Crippen LogP contribution is -1.96. The minimum Gasteiger partial charge on any atom is -0.341 e. The molecule has 0 saturated carbocycles. The Morgan fingerprint density at radius 1 is 0.667 bits per heavy atom. The minimum absolute atomic E-state index is 0.0819. The van der Waals surface area contributed by atoms with Crippen LogP contribution in [-0.4, -0.2) is 14.1 Å². The first kappa shape index (κ1) is 23.2. The molecule has 5 heteroatoms. The van der Waals surface area contributed by atoms with Crippen LogP contribution in [0.3, 0.4) is 0 Å². The molecule has 39 heavy (non-hydrogen) atoms. The number of nitrogens with zero attached hydrogens (tertiary/aromatic N) is 3. The maximum absolute atomic E-state index is 12.3. The van der Waals surface area contributed by atoms with E-state index in [4.69, 9.17) is 0 Å². The minimum atomic E-state index is -0.284. The van der Waals surface area contributed by atoms with Crippen molar-refractivity contribution in [3.05, 3.63) is 113 Å². The SMILES string of the molecule is CCn1c2ccccc2c2cc(-c3[c]ccc([N+](=O)[O-])c3-c3ccc4c(c3)c3ccccc3n4CC)ccc21. The van der Waals surface area contributed by atoms with Crippen molar-refractivity contribution in [3.8, 4) is 22.3 Å². The molecule has 0 unspecified atom stereocenters. The summed E-state index contributed by atoms with van der Waals surface area (Å²) in [5.41, 5.74) is 7.77. The van der Waals surface area contributed by atoms with Crippen molar-refractivity contribution in [3.63, 3.8) is 0 Å². The highest BCUT2D eigenvalue weighted by molar-refractivity contribution is 6.11. The number of fused-ring (bicyclic) bond motifs is 6. The Morgan fingerprint density at radius 2 is 1.18 bits per heavy atom. The van der Waals surface area contributed by atoms with Gasteiger partial charge in [-0.2, -0.15) is 0 Å². The van der Waals surface area contributed by atoms with Crippen LogP contribution in [0.25, 0.3) is 65.9 Å². The van der Waals surface area contributed by atoms with Crippen LogP contribution in [0, 0.1) is 16.2 Å². The maximum atomic E-state index is 12.3. The number of para-hydroxylation sites is 2. The van der Waals surface area contributed by atoms with Gasteiger partial charge in [0.05, 0.1) is 10.5 Å². The standard InChI is InChI=1S/C34H26N3O2/c1-3-35-29-13-7-5-10-25(29)27-20-22(16-18-31(27)35)24-12-9-15-33(37(38)39)34(24)23-17-19-32-28(21-23)26-11-6-8-14-30(26)36(32)4-2/h5-11,13-21H,3-4H2,1-2H3. The van der Waals surface area contributed by atoms with Crippen LogP contribution in [0.4, 0.5) is 5.69 Å². The second-order valence-electron chi connectivity index (χ2n) is 9.86. The molecule has 0 aliphatic heterocycles. The molecule has 7 aromatic rings. The van der Waals surface area contributed by atoms with E-state index in [0.717, 1.165) is 57.0 Å². The molecule has 7 rings (SSSR count). The largest absolute Gasteiger partial charge is 0.341 e. The highest BCUT2D eigenvalue weighted by atomic mass is 16.6. The molecule has 189 valence electrons. The van der Waals surface area contributed by atoms with Crippen LogP contribution in [0.1, 0.15) is 13.8 Å². The fourth-order valence-electron chi connectivity index (χ4n) is 6.26. The van der Waals surface area contributed by atoms with E-state index in [1.165, 1.54) is 16.4 Å². The summed E-state index contributed by atoms with van der Waals surface area (Å²) in [5.74, 6) is 0. The molecule has 0 aliphatic carbocycles.